The van der Waals surface area contributed by atoms with Gasteiger partial charge in [0.1, 0.15) is 0 Å². The lowest BCUT2D eigenvalue weighted by atomic mass is 9.99. The standard InChI is InChI=1S/C14H20N2OS/c1-11-5-2-3-7-13(11)15-14(18)16-8-4-6-12(9-16)10-17/h2-3,5,7,12,17H,4,6,8-10H2,1H3,(H,15,18)/t12-/m1/s1. The molecule has 1 atom stereocenters. The van der Waals surface area contributed by atoms with Gasteiger partial charge in [-0.3, -0.25) is 0 Å². The van der Waals surface area contributed by atoms with Gasteiger partial charge in [0.05, 0.1) is 0 Å². The minimum Gasteiger partial charge on any atom is -0.396 e. The fraction of sp³-hybridized carbons (Fsp3) is 0.500. The molecule has 0 radical (unpaired) electrons. The van der Waals surface area contributed by atoms with Crippen molar-refractivity contribution in [1.82, 2.24) is 4.90 Å². The largest absolute Gasteiger partial charge is 0.396 e. The molecular weight excluding hydrogens is 244 g/mol. The van der Waals surface area contributed by atoms with Crippen LogP contribution in [0.25, 0.3) is 0 Å². The number of hydrogen-bond donors (Lipinski definition) is 2. The average Bonchev–Trinajstić information content (AvgIpc) is 2.41. The Hall–Kier alpha value is -1.13. The van der Waals surface area contributed by atoms with Crippen molar-refractivity contribution >= 4 is 23.0 Å². The lowest BCUT2D eigenvalue weighted by Gasteiger charge is -2.34. The Morgan fingerprint density at radius 3 is 3.00 bits per heavy atom. The highest BCUT2D eigenvalue weighted by Gasteiger charge is 2.21. The molecule has 0 amide bonds. The van der Waals surface area contributed by atoms with Gasteiger partial charge in [-0.2, -0.15) is 0 Å². The summed E-state index contributed by atoms with van der Waals surface area (Å²) >= 11 is 5.45. The molecule has 1 aromatic rings. The van der Waals surface area contributed by atoms with Crippen LogP contribution in [0, 0.1) is 12.8 Å². The molecule has 0 saturated carbocycles. The van der Waals surface area contributed by atoms with Crippen LogP contribution in [0.3, 0.4) is 0 Å². The van der Waals surface area contributed by atoms with E-state index in [1.54, 1.807) is 0 Å². The third kappa shape index (κ3) is 3.21. The van der Waals surface area contributed by atoms with E-state index in [1.807, 2.05) is 18.2 Å². The number of benzene rings is 1. The molecule has 2 N–H and O–H groups in total. The van der Waals surface area contributed by atoms with Gasteiger partial charge in [0.25, 0.3) is 0 Å². The molecule has 4 heteroatoms. The zero-order valence-corrected chi connectivity index (χ0v) is 11.5. The van der Waals surface area contributed by atoms with Gasteiger partial charge in [-0.1, -0.05) is 18.2 Å². The summed E-state index contributed by atoms with van der Waals surface area (Å²) in [6, 6.07) is 8.13. The Balaban J connectivity index is 1.97. The van der Waals surface area contributed by atoms with Crippen molar-refractivity contribution < 1.29 is 5.11 Å². The van der Waals surface area contributed by atoms with E-state index in [-0.39, 0.29) is 6.61 Å². The highest BCUT2D eigenvalue weighted by atomic mass is 32.1. The summed E-state index contributed by atoms with van der Waals surface area (Å²) < 4.78 is 0. The Bertz CT molecular complexity index is 422. The minimum absolute atomic E-state index is 0.253. The van der Waals surface area contributed by atoms with Gasteiger partial charge in [-0.05, 0) is 49.5 Å². The van der Waals surface area contributed by atoms with Crippen molar-refractivity contribution in [3.05, 3.63) is 29.8 Å². The summed E-state index contributed by atoms with van der Waals surface area (Å²) in [7, 11) is 0. The average molecular weight is 264 g/mol. The molecule has 1 aliphatic rings. The first-order valence-electron chi connectivity index (χ1n) is 6.43. The number of rotatable bonds is 2. The first-order valence-corrected chi connectivity index (χ1v) is 6.84. The van der Waals surface area contributed by atoms with Crippen LogP contribution >= 0.6 is 12.2 Å². The third-order valence-electron chi connectivity index (χ3n) is 3.45. The predicted molar refractivity (Wildman–Crippen MR) is 78.8 cm³/mol. The zero-order chi connectivity index (χ0) is 13.0. The summed E-state index contributed by atoms with van der Waals surface area (Å²) in [5, 5.41) is 13.3. The fourth-order valence-electron chi connectivity index (χ4n) is 2.31. The zero-order valence-electron chi connectivity index (χ0n) is 10.7. The number of likely N-dealkylation sites (tertiary alicyclic amines) is 1. The predicted octanol–water partition coefficient (Wildman–Crippen LogP) is 2.40. The van der Waals surface area contributed by atoms with Gasteiger partial charge in [-0.25, -0.2) is 0 Å². The first kappa shape index (κ1) is 13.3. The van der Waals surface area contributed by atoms with Crippen molar-refractivity contribution in [2.45, 2.75) is 19.8 Å². The number of piperidine rings is 1. The molecule has 18 heavy (non-hydrogen) atoms. The smallest absolute Gasteiger partial charge is 0.173 e. The molecule has 2 rings (SSSR count). The van der Waals surface area contributed by atoms with E-state index in [9.17, 15) is 5.11 Å². The van der Waals surface area contributed by atoms with Crippen LogP contribution in [0.15, 0.2) is 24.3 Å². The summed E-state index contributed by atoms with van der Waals surface area (Å²) in [4.78, 5) is 2.16. The summed E-state index contributed by atoms with van der Waals surface area (Å²) in [6.45, 7) is 4.16. The van der Waals surface area contributed by atoms with Gasteiger partial charge >= 0.3 is 0 Å². The fourth-order valence-corrected chi connectivity index (χ4v) is 2.58. The Kier molecular flexibility index (Phi) is 4.55. The number of anilines is 1. The number of nitrogens with one attached hydrogen (secondary N) is 1. The molecule has 0 aromatic heterocycles. The van der Waals surface area contributed by atoms with Crippen LogP contribution in [-0.2, 0) is 0 Å². The second kappa shape index (κ2) is 6.16. The van der Waals surface area contributed by atoms with Gasteiger partial charge < -0.3 is 15.3 Å². The van der Waals surface area contributed by atoms with Crippen LogP contribution in [0.4, 0.5) is 5.69 Å². The molecular formula is C14H20N2OS. The van der Waals surface area contributed by atoms with Crippen molar-refractivity contribution in [3.63, 3.8) is 0 Å². The van der Waals surface area contributed by atoms with Crippen LogP contribution in [0.5, 0.6) is 0 Å². The van der Waals surface area contributed by atoms with Crippen molar-refractivity contribution in [2.24, 2.45) is 5.92 Å². The summed E-state index contributed by atoms with van der Waals surface area (Å²) in [6.07, 6.45) is 2.20. The molecule has 1 heterocycles. The monoisotopic (exact) mass is 264 g/mol. The molecule has 0 bridgehead atoms. The van der Waals surface area contributed by atoms with Crippen LogP contribution in [0.1, 0.15) is 18.4 Å². The lowest BCUT2D eigenvalue weighted by molar-refractivity contribution is 0.162. The van der Waals surface area contributed by atoms with Crippen LogP contribution in [-0.4, -0.2) is 34.8 Å². The van der Waals surface area contributed by atoms with Crippen molar-refractivity contribution in [2.75, 3.05) is 25.0 Å². The topological polar surface area (TPSA) is 35.5 Å². The van der Waals surface area contributed by atoms with E-state index >= 15 is 0 Å². The normalized spacial score (nSPS) is 19.7. The summed E-state index contributed by atoms with van der Waals surface area (Å²) in [5.74, 6) is 0.357. The number of thiocarbonyl (C=S) groups is 1. The van der Waals surface area contributed by atoms with E-state index in [1.165, 1.54) is 5.56 Å². The molecule has 3 nitrogen and oxygen atoms in total. The van der Waals surface area contributed by atoms with E-state index < -0.39 is 0 Å². The second-order valence-corrected chi connectivity index (χ2v) is 5.27. The maximum atomic E-state index is 9.23. The van der Waals surface area contributed by atoms with Gasteiger partial charge in [0, 0.05) is 25.4 Å². The number of para-hydroxylation sites is 1. The van der Waals surface area contributed by atoms with Gasteiger partial charge in [0.15, 0.2) is 5.11 Å². The molecule has 0 aliphatic carbocycles. The highest BCUT2D eigenvalue weighted by Crippen LogP contribution is 2.18. The number of hydrogen-bond acceptors (Lipinski definition) is 2. The molecule has 1 saturated heterocycles. The van der Waals surface area contributed by atoms with Crippen LogP contribution < -0.4 is 5.32 Å². The summed E-state index contributed by atoms with van der Waals surface area (Å²) in [5.41, 5.74) is 2.25. The van der Waals surface area contributed by atoms with E-state index in [0.717, 1.165) is 36.7 Å². The molecule has 0 unspecified atom stereocenters. The van der Waals surface area contributed by atoms with E-state index in [0.29, 0.717) is 5.92 Å². The maximum Gasteiger partial charge on any atom is 0.173 e. The number of nitrogens with zero attached hydrogens (tertiary/aromatic N) is 1. The van der Waals surface area contributed by atoms with E-state index in [4.69, 9.17) is 12.2 Å². The Morgan fingerprint density at radius 2 is 2.28 bits per heavy atom. The second-order valence-electron chi connectivity index (χ2n) is 4.88. The highest BCUT2D eigenvalue weighted by molar-refractivity contribution is 7.80. The van der Waals surface area contributed by atoms with Crippen molar-refractivity contribution in [3.8, 4) is 0 Å². The SMILES string of the molecule is Cc1ccccc1NC(=S)N1CCC[C@@H](CO)C1. The van der Waals surface area contributed by atoms with Crippen LogP contribution in [0.2, 0.25) is 0 Å². The van der Waals surface area contributed by atoms with Gasteiger partial charge in [-0.15, -0.1) is 0 Å². The maximum absolute atomic E-state index is 9.23. The quantitative estimate of drug-likeness (QED) is 0.804. The Morgan fingerprint density at radius 1 is 1.50 bits per heavy atom. The Labute approximate surface area is 114 Å². The first-order chi connectivity index (χ1) is 8.70. The molecule has 1 aliphatic heterocycles. The number of aliphatic hydroxyl groups excluding tert-OH is 1. The van der Waals surface area contributed by atoms with E-state index in [2.05, 4.69) is 23.2 Å². The molecule has 98 valence electrons. The van der Waals surface area contributed by atoms with Crippen molar-refractivity contribution in [1.29, 1.82) is 0 Å². The van der Waals surface area contributed by atoms with Gasteiger partial charge in [0.2, 0.25) is 0 Å². The number of aryl methyl sites for hydroxylation is 1. The number of aliphatic hydroxyl groups is 1. The minimum atomic E-state index is 0.253. The molecule has 1 fully saturated rings. The third-order valence-corrected chi connectivity index (χ3v) is 3.81. The molecule has 0 spiro atoms. The molecule has 1 aromatic carbocycles. The lowest BCUT2D eigenvalue weighted by Crippen LogP contribution is -2.43.